The van der Waals surface area contributed by atoms with Gasteiger partial charge >= 0.3 is 0 Å². The quantitative estimate of drug-likeness (QED) is 0.755. The monoisotopic (exact) mass is 224 g/mol. The Hall–Kier alpha value is -1.33. The van der Waals surface area contributed by atoms with E-state index in [-0.39, 0.29) is 12.5 Å². The third-order valence-electron chi connectivity index (χ3n) is 2.93. The molecule has 1 aliphatic rings. The van der Waals surface area contributed by atoms with E-state index >= 15 is 0 Å². The Bertz CT molecular complexity index is 352. The standard InChI is InChI=1S/C11H16N2O3/c1-13(5-9-3-2-4-12-9)10(15)11(6-14)7-16-8-11/h2-4,12,14H,5-8H2,1H3. The molecule has 1 fully saturated rings. The number of rotatable bonds is 4. The predicted molar refractivity (Wildman–Crippen MR) is 57.6 cm³/mol. The summed E-state index contributed by atoms with van der Waals surface area (Å²) in [7, 11) is 1.74. The fourth-order valence-corrected chi connectivity index (χ4v) is 1.83. The molecule has 0 radical (unpaired) electrons. The van der Waals surface area contributed by atoms with Crippen LogP contribution in [0.5, 0.6) is 0 Å². The van der Waals surface area contributed by atoms with Gasteiger partial charge in [-0.2, -0.15) is 0 Å². The van der Waals surface area contributed by atoms with Crippen LogP contribution in [0.15, 0.2) is 18.3 Å². The lowest BCUT2D eigenvalue weighted by Crippen LogP contribution is -2.56. The van der Waals surface area contributed by atoms with Crippen molar-refractivity contribution in [2.75, 3.05) is 26.9 Å². The predicted octanol–water partition coefficient (Wildman–Crippen LogP) is -0.0180. The minimum absolute atomic E-state index is 0.0594. The van der Waals surface area contributed by atoms with Crippen LogP contribution in [0.3, 0.4) is 0 Å². The summed E-state index contributed by atoms with van der Waals surface area (Å²) in [5, 5.41) is 9.25. The summed E-state index contributed by atoms with van der Waals surface area (Å²) in [6, 6.07) is 3.81. The average molecular weight is 224 g/mol. The van der Waals surface area contributed by atoms with E-state index in [1.165, 1.54) is 0 Å². The maximum atomic E-state index is 12.1. The van der Waals surface area contributed by atoms with Gasteiger partial charge in [-0.25, -0.2) is 0 Å². The zero-order chi connectivity index (χ0) is 11.6. The molecule has 0 aliphatic carbocycles. The fourth-order valence-electron chi connectivity index (χ4n) is 1.83. The van der Waals surface area contributed by atoms with Gasteiger partial charge in [-0.15, -0.1) is 0 Å². The third-order valence-corrected chi connectivity index (χ3v) is 2.93. The molecule has 0 unspecified atom stereocenters. The van der Waals surface area contributed by atoms with Crippen LogP contribution in [0, 0.1) is 5.41 Å². The zero-order valence-corrected chi connectivity index (χ0v) is 9.27. The lowest BCUT2D eigenvalue weighted by atomic mass is 9.85. The molecule has 0 saturated carbocycles. The molecule has 5 heteroatoms. The summed E-state index contributed by atoms with van der Waals surface area (Å²) in [5.74, 6) is -0.0594. The maximum Gasteiger partial charge on any atom is 0.235 e. The van der Waals surface area contributed by atoms with Gasteiger partial charge < -0.3 is 19.7 Å². The Balaban J connectivity index is 1.99. The number of aromatic nitrogens is 1. The average Bonchev–Trinajstić information content (AvgIpc) is 2.69. The number of nitrogens with one attached hydrogen (secondary N) is 1. The molecule has 1 aliphatic heterocycles. The second-order valence-electron chi connectivity index (χ2n) is 4.29. The Morgan fingerprint density at radius 3 is 2.88 bits per heavy atom. The summed E-state index contributed by atoms with van der Waals surface area (Å²) in [6.07, 6.45) is 1.82. The molecule has 0 aromatic carbocycles. The number of hydrogen-bond acceptors (Lipinski definition) is 3. The summed E-state index contributed by atoms with van der Waals surface area (Å²) in [5.41, 5.74) is 0.269. The lowest BCUT2D eigenvalue weighted by Gasteiger charge is -2.40. The van der Waals surface area contributed by atoms with Crippen molar-refractivity contribution in [2.45, 2.75) is 6.54 Å². The van der Waals surface area contributed by atoms with E-state index in [1.807, 2.05) is 18.3 Å². The van der Waals surface area contributed by atoms with Gasteiger partial charge in [0.2, 0.25) is 5.91 Å². The van der Waals surface area contributed by atoms with Crippen molar-refractivity contribution in [3.63, 3.8) is 0 Å². The SMILES string of the molecule is CN(Cc1ccc[nH]1)C(=O)C1(CO)COC1. The van der Waals surface area contributed by atoms with Crippen LogP contribution in [0.4, 0.5) is 0 Å². The van der Waals surface area contributed by atoms with E-state index in [4.69, 9.17) is 4.74 Å². The smallest absolute Gasteiger partial charge is 0.235 e. The molecule has 5 nitrogen and oxygen atoms in total. The molecular weight excluding hydrogens is 208 g/mol. The van der Waals surface area contributed by atoms with Crippen LogP contribution in [-0.2, 0) is 16.1 Å². The van der Waals surface area contributed by atoms with E-state index < -0.39 is 5.41 Å². The van der Waals surface area contributed by atoms with Gasteiger partial charge in [-0.3, -0.25) is 4.79 Å². The molecule has 1 aromatic rings. The minimum Gasteiger partial charge on any atom is -0.395 e. The maximum absolute atomic E-state index is 12.1. The first-order valence-electron chi connectivity index (χ1n) is 5.24. The fraction of sp³-hybridized carbons (Fsp3) is 0.545. The molecule has 1 amide bonds. The number of H-pyrrole nitrogens is 1. The van der Waals surface area contributed by atoms with Gasteiger partial charge in [-0.1, -0.05) is 0 Å². The summed E-state index contributed by atoms with van der Waals surface area (Å²) in [6.45, 7) is 1.00. The van der Waals surface area contributed by atoms with Crippen molar-refractivity contribution in [2.24, 2.45) is 5.41 Å². The highest BCUT2D eigenvalue weighted by molar-refractivity contribution is 5.83. The first-order valence-corrected chi connectivity index (χ1v) is 5.24. The number of ether oxygens (including phenoxy) is 1. The van der Waals surface area contributed by atoms with Crippen molar-refractivity contribution >= 4 is 5.91 Å². The van der Waals surface area contributed by atoms with Crippen LogP contribution >= 0.6 is 0 Å². The number of carbonyl (C=O) groups is 1. The topological polar surface area (TPSA) is 65.6 Å². The molecule has 16 heavy (non-hydrogen) atoms. The number of nitrogens with zero attached hydrogens (tertiary/aromatic N) is 1. The van der Waals surface area contributed by atoms with Gasteiger partial charge in [0.1, 0.15) is 5.41 Å². The highest BCUT2D eigenvalue weighted by Gasteiger charge is 2.46. The van der Waals surface area contributed by atoms with E-state index in [0.29, 0.717) is 19.8 Å². The van der Waals surface area contributed by atoms with Crippen molar-refractivity contribution in [1.29, 1.82) is 0 Å². The van der Waals surface area contributed by atoms with Crippen molar-refractivity contribution < 1.29 is 14.6 Å². The van der Waals surface area contributed by atoms with E-state index in [1.54, 1.807) is 11.9 Å². The first kappa shape index (κ1) is 11.2. The molecule has 2 heterocycles. The number of amides is 1. The highest BCUT2D eigenvalue weighted by Crippen LogP contribution is 2.29. The summed E-state index contributed by atoms with van der Waals surface area (Å²) in [4.78, 5) is 16.7. The Morgan fingerprint density at radius 1 is 1.69 bits per heavy atom. The number of aliphatic hydroxyl groups excluding tert-OH is 1. The number of hydrogen-bond donors (Lipinski definition) is 2. The van der Waals surface area contributed by atoms with E-state index in [2.05, 4.69) is 4.98 Å². The number of aliphatic hydroxyl groups is 1. The van der Waals surface area contributed by atoms with Gasteiger partial charge in [0, 0.05) is 18.9 Å². The van der Waals surface area contributed by atoms with Crippen molar-refractivity contribution in [3.05, 3.63) is 24.0 Å². The van der Waals surface area contributed by atoms with Gasteiger partial charge in [-0.05, 0) is 12.1 Å². The Morgan fingerprint density at radius 2 is 2.44 bits per heavy atom. The van der Waals surface area contributed by atoms with Crippen molar-refractivity contribution in [1.82, 2.24) is 9.88 Å². The second-order valence-corrected chi connectivity index (χ2v) is 4.29. The molecule has 0 bridgehead atoms. The lowest BCUT2D eigenvalue weighted by molar-refractivity contribution is -0.179. The van der Waals surface area contributed by atoms with Gasteiger partial charge in [0.15, 0.2) is 0 Å². The summed E-state index contributed by atoms with van der Waals surface area (Å²) >= 11 is 0. The molecule has 2 rings (SSSR count). The molecule has 0 atom stereocenters. The minimum atomic E-state index is -0.707. The largest absolute Gasteiger partial charge is 0.395 e. The van der Waals surface area contributed by atoms with Crippen LogP contribution < -0.4 is 0 Å². The first-order chi connectivity index (χ1) is 7.68. The van der Waals surface area contributed by atoms with Crippen LogP contribution in [0.1, 0.15) is 5.69 Å². The Labute approximate surface area is 94.0 Å². The zero-order valence-electron chi connectivity index (χ0n) is 9.27. The normalized spacial score (nSPS) is 17.9. The number of carbonyl (C=O) groups excluding carboxylic acids is 1. The molecule has 88 valence electrons. The molecule has 1 saturated heterocycles. The van der Waals surface area contributed by atoms with Gasteiger partial charge in [0.05, 0.1) is 26.4 Å². The second kappa shape index (κ2) is 4.27. The van der Waals surface area contributed by atoms with E-state index in [0.717, 1.165) is 5.69 Å². The van der Waals surface area contributed by atoms with Crippen LogP contribution in [0.2, 0.25) is 0 Å². The highest BCUT2D eigenvalue weighted by atomic mass is 16.5. The van der Waals surface area contributed by atoms with Gasteiger partial charge in [0.25, 0.3) is 0 Å². The van der Waals surface area contributed by atoms with Crippen molar-refractivity contribution in [3.8, 4) is 0 Å². The Kier molecular flexibility index (Phi) is 2.98. The molecule has 1 aromatic heterocycles. The molecular formula is C11H16N2O3. The third kappa shape index (κ3) is 1.83. The summed E-state index contributed by atoms with van der Waals surface area (Å²) < 4.78 is 5.02. The van der Waals surface area contributed by atoms with Crippen LogP contribution in [-0.4, -0.2) is 47.8 Å². The van der Waals surface area contributed by atoms with Crippen LogP contribution in [0.25, 0.3) is 0 Å². The molecule has 0 spiro atoms. The number of aromatic amines is 1. The molecule has 2 N–H and O–H groups in total. The van der Waals surface area contributed by atoms with E-state index in [9.17, 15) is 9.90 Å².